The second-order valence-electron chi connectivity index (χ2n) is 4.08. The van der Waals surface area contributed by atoms with Crippen molar-refractivity contribution in [2.75, 3.05) is 18.1 Å². The Bertz CT molecular complexity index is 457. The number of rotatable bonds is 5. The third-order valence-electron chi connectivity index (χ3n) is 2.61. The van der Waals surface area contributed by atoms with Crippen molar-refractivity contribution < 1.29 is 18.0 Å². The molecule has 0 spiro atoms. The van der Waals surface area contributed by atoms with Crippen LogP contribution in [0.5, 0.6) is 5.75 Å². The van der Waals surface area contributed by atoms with E-state index in [4.69, 9.17) is 10.6 Å². The van der Waals surface area contributed by atoms with Crippen molar-refractivity contribution in [2.45, 2.75) is 12.5 Å². The molecule has 1 saturated heterocycles. The molecule has 1 aromatic rings. The molecule has 0 aromatic heterocycles. The summed E-state index contributed by atoms with van der Waals surface area (Å²) in [4.78, 5) is 4.49. The second kappa shape index (κ2) is 5.03. The maximum Gasteiger partial charge on any atom is 0.157 e. The fourth-order valence-electron chi connectivity index (χ4n) is 1.69. The molecule has 6 heteroatoms. The summed E-state index contributed by atoms with van der Waals surface area (Å²) < 4.78 is 27.4. The minimum Gasteiger partial charge on any atom is -0.488 e. The lowest BCUT2D eigenvalue weighted by molar-refractivity contribution is 0.141. The highest BCUT2D eigenvalue weighted by Crippen LogP contribution is 2.20. The minimum absolute atomic E-state index is 0.121. The van der Waals surface area contributed by atoms with Crippen molar-refractivity contribution in [3.63, 3.8) is 0 Å². The summed E-state index contributed by atoms with van der Waals surface area (Å²) in [6.07, 6.45) is 0.549. The number of hydrogen-bond donors (Lipinski definition) is 1. The Morgan fingerprint density at radius 1 is 1.24 bits per heavy atom. The average Bonchev–Trinajstić information content (AvgIpc) is 2.26. The molecular weight excluding hydrogens is 242 g/mol. The molecule has 5 nitrogen and oxygen atoms in total. The van der Waals surface area contributed by atoms with Gasteiger partial charge in [-0.05, 0) is 24.1 Å². The highest BCUT2D eigenvalue weighted by atomic mass is 32.2. The SMILES string of the molecule is NOCCc1ccc(OC2CS(=O)(=O)C2)cc1. The van der Waals surface area contributed by atoms with Crippen LogP contribution in [0.1, 0.15) is 5.56 Å². The van der Waals surface area contributed by atoms with Gasteiger partial charge in [0.15, 0.2) is 9.84 Å². The van der Waals surface area contributed by atoms with Crippen LogP contribution < -0.4 is 10.6 Å². The summed E-state index contributed by atoms with van der Waals surface area (Å²) in [5.74, 6) is 5.88. The first-order chi connectivity index (χ1) is 8.09. The fourth-order valence-corrected chi connectivity index (χ4v) is 2.86. The van der Waals surface area contributed by atoms with Crippen LogP contribution in [0.25, 0.3) is 0 Å². The van der Waals surface area contributed by atoms with Crippen molar-refractivity contribution in [1.29, 1.82) is 0 Å². The second-order valence-corrected chi connectivity index (χ2v) is 6.24. The van der Waals surface area contributed by atoms with Crippen molar-refractivity contribution in [3.05, 3.63) is 29.8 Å². The molecular formula is C11H15NO4S. The van der Waals surface area contributed by atoms with Gasteiger partial charge < -0.3 is 9.57 Å². The summed E-state index contributed by atoms with van der Waals surface area (Å²) >= 11 is 0. The number of nitrogens with two attached hydrogens (primary N) is 1. The van der Waals surface area contributed by atoms with Crippen LogP contribution in [0.4, 0.5) is 0 Å². The van der Waals surface area contributed by atoms with Crippen LogP contribution in [0.15, 0.2) is 24.3 Å². The minimum atomic E-state index is -2.83. The molecule has 1 heterocycles. The Hall–Kier alpha value is -1.11. The zero-order valence-corrected chi connectivity index (χ0v) is 10.2. The van der Waals surface area contributed by atoms with Crippen LogP contribution in [0.2, 0.25) is 0 Å². The van der Waals surface area contributed by atoms with Crippen molar-refractivity contribution >= 4 is 9.84 Å². The summed E-state index contributed by atoms with van der Waals surface area (Å²) in [5.41, 5.74) is 1.10. The van der Waals surface area contributed by atoms with E-state index in [2.05, 4.69) is 4.84 Å². The van der Waals surface area contributed by atoms with Gasteiger partial charge in [-0.25, -0.2) is 14.3 Å². The first kappa shape index (κ1) is 12.3. The normalized spacial score (nSPS) is 18.6. The van der Waals surface area contributed by atoms with Gasteiger partial charge in [0.05, 0.1) is 18.1 Å². The Morgan fingerprint density at radius 2 is 1.88 bits per heavy atom. The van der Waals surface area contributed by atoms with E-state index in [1.54, 1.807) is 0 Å². The van der Waals surface area contributed by atoms with Crippen LogP contribution in [0, 0.1) is 0 Å². The van der Waals surface area contributed by atoms with Crippen LogP contribution >= 0.6 is 0 Å². The quantitative estimate of drug-likeness (QED) is 0.767. The van der Waals surface area contributed by atoms with E-state index in [1.807, 2.05) is 24.3 Å². The first-order valence-corrected chi connectivity index (χ1v) is 7.19. The molecule has 2 N–H and O–H groups in total. The van der Waals surface area contributed by atoms with Crippen LogP contribution in [-0.2, 0) is 21.1 Å². The Kier molecular flexibility index (Phi) is 3.66. The lowest BCUT2D eigenvalue weighted by Gasteiger charge is -2.26. The molecule has 2 rings (SSSR count). The maximum atomic E-state index is 11.0. The predicted octanol–water partition coefficient (Wildman–Crippen LogP) is 0.295. The van der Waals surface area contributed by atoms with Gasteiger partial charge >= 0.3 is 0 Å². The van der Waals surface area contributed by atoms with Crippen molar-refractivity contribution in [1.82, 2.24) is 0 Å². The highest BCUT2D eigenvalue weighted by molar-refractivity contribution is 7.92. The number of ether oxygens (including phenoxy) is 1. The van der Waals surface area contributed by atoms with Gasteiger partial charge in [0, 0.05) is 0 Å². The van der Waals surface area contributed by atoms with Crippen LogP contribution in [-0.4, -0.2) is 32.6 Å². The highest BCUT2D eigenvalue weighted by Gasteiger charge is 2.35. The number of hydrogen-bond acceptors (Lipinski definition) is 5. The van der Waals surface area contributed by atoms with E-state index >= 15 is 0 Å². The van der Waals surface area contributed by atoms with Gasteiger partial charge in [0.1, 0.15) is 11.9 Å². The molecule has 17 heavy (non-hydrogen) atoms. The Labute approximate surface area is 100 Å². The zero-order valence-electron chi connectivity index (χ0n) is 9.33. The van der Waals surface area contributed by atoms with E-state index in [0.29, 0.717) is 12.4 Å². The third kappa shape index (κ3) is 3.42. The number of sulfone groups is 1. The molecule has 0 aliphatic carbocycles. The number of benzene rings is 1. The van der Waals surface area contributed by atoms with Gasteiger partial charge in [-0.15, -0.1) is 0 Å². The van der Waals surface area contributed by atoms with Crippen molar-refractivity contribution in [3.8, 4) is 5.75 Å². The molecule has 0 unspecified atom stereocenters. The largest absolute Gasteiger partial charge is 0.488 e. The summed E-state index contributed by atoms with van der Waals surface area (Å²) in [6.45, 7) is 0.473. The van der Waals surface area contributed by atoms with E-state index in [-0.39, 0.29) is 17.6 Å². The van der Waals surface area contributed by atoms with E-state index in [0.717, 1.165) is 12.0 Å². The molecule has 0 radical (unpaired) electrons. The van der Waals surface area contributed by atoms with Gasteiger partial charge in [-0.1, -0.05) is 12.1 Å². The van der Waals surface area contributed by atoms with Gasteiger partial charge in [-0.2, -0.15) is 0 Å². The van der Waals surface area contributed by atoms with Crippen LogP contribution in [0.3, 0.4) is 0 Å². The smallest absolute Gasteiger partial charge is 0.157 e. The lowest BCUT2D eigenvalue weighted by Crippen LogP contribution is -2.45. The molecule has 0 saturated carbocycles. The maximum absolute atomic E-state index is 11.0. The predicted molar refractivity (Wildman–Crippen MR) is 63.4 cm³/mol. The zero-order chi connectivity index (χ0) is 12.3. The van der Waals surface area contributed by atoms with E-state index in [9.17, 15) is 8.42 Å². The standard InChI is InChI=1S/C11H15NO4S/c12-15-6-5-9-1-3-10(4-2-9)16-11-7-17(13,14)8-11/h1-4,11H,5-8,12H2. The van der Waals surface area contributed by atoms with Gasteiger partial charge in [0.25, 0.3) is 0 Å². The summed E-state index contributed by atoms with van der Waals surface area (Å²) in [7, 11) is -2.83. The fraction of sp³-hybridized carbons (Fsp3) is 0.455. The molecule has 0 bridgehead atoms. The van der Waals surface area contributed by atoms with Gasteiger partial charge in [-0.3, -0.25) is 0 Å². The van der Waals surface area contributed by atoms with Crippen molar-refractivity contribution in [2.24, 2.45) is 5.90 Å². The molecule has 1 aliphatic rings. The average molecular weight is 257 g/mol. The Morgan fingerprint density at radius 3 is 2.41 bits per heavy atom. The molecule has 1 fully saturated rings. The first-order valence-electron chi connectivity index (χ1n) is 5.37. The third-order valence-corrected chi connectivity index (χ3v) is 4.37. The monoisotopic (exact) mass is 257 g/mol. The Balaban J connectivity index is 1.86. The van der Waals surface area contributed by atoms with Gasteiger partial charge in [0.2, 0.25) is 0 Å². The molecule has 0 atom stereocenters. The summed E-state index contributed by atoms with van der Waals surface area (Å²) in [6, 6.07) is 7.50. The lowest BCUT2D eigenvalue weighted by atomic mass is 10.1. The van der Waals surface area contributed by atoms with E-state index < -0.39 is 9.84 Å². The van der Waals surface area contributed by atoms with E-state index in [1.165, 1.54) is 0 Å². The molecule has 94 valence electrons. The molecule has 0 amide bonds. The molecule has 1 aromatic carbocycles. The summed E-state index contributed by atoms with van der Waals surface area (Å²) in [5, 5.41) is 0. The topological polar surface area (TPSA) is 78.6 Å². The molecule has 1 aliphatic heterocycles.